The van der Waals surface area contributed by atoms with Gasteiger partial charge in [-0.15, -0.1) is 11.8 Å². The highest BCUT2D eigenvalue weighted by molar-refractivity contribution is 7.99. The second kappa shape index (κ2) is 11.4. The van der Waals surface area contributed by atoms with E-state index < -0.39 is 11.0 Å². The van der Waals surface area contributed by atoms with Crippen molar-refractivity contribution < 1.29 is 23.8 Å². The normalized spacial score (nSPS) is 15.4. The maximum Gasteiger partial charge on any atom is 0.410 e. The van der Waals surface area contributed by atoms with E-state index in [0.717, 1.165) is 16.4 Å². The van der Waals surface area contributed by atoms with Crippen molar-refractivity contribution in [3.05, 3.63) is 53.6 Å². The van der Waals surface area contributed by atoms with E-state index in [1.165, 1.54) is 11.1 Å². The average Bonchev–Trinajstić information content (AvgIpc) is 2.80. The van der Waals surface area contributed by atoms with Crippen molar-refractivity contribution >= 4 is 23.8 Å². The second-order valence-electron chi connectivity index (χ2n) is 10.1. The molecular weight excluding hydrogens is 462 g/mol. The SMILES string of the molecule is CCOC(=O)C1(CSc2ccc(Oc3ccc(C)c(C)c3)cc2)CCN(C(=O)OC(C)(C)C)CC1. The Bertz CT molecular complexity index is 1020. The highest BCUT2D eigenvalue weighted by atomic mass is 32.2. The van der Waals surface area contributed by atoms with Crippen molar-refractivity contribution in [2.24, 2.45) is 5.41 Å². The van der Waals surface area contributed by atoms with E-state index in [1.54, 1.807) is 16.7 Å². The fourth-order valence-electron chi connectivity index (χ4n) is 3.87. The number of nitrogens with zero attached hydrogens (tertiary/aromatic N) is 1. The second-order valence-corrected chi connectivity index (χ2v) is 11.1. The molecule has 2 aromatic carbocycles. The van der Waals surface area contributed by atoms with Crippen LogP contribution in [-0.2, 0) is 14.3 Å². The Hall–Kier alpha value is -2.67. The maximum atomic E-state index is 13.0. The van der Waals surface area contributed by atoms with E-state index in [1.807, 2.05) is 64.1 Å². The standard InChI is InChI=1S/C28H37NO5S/c1-7-32-25(30)28(14-16-29(17-15-28)26(31)34-27(4,5)6)19-35-24-12-10-22(11-13-24)33-23-9-8-20(2)21(3)18-23/h8-13,18H,7,14-17,19H2,1-6H3. The van der Waals surface area contributed by atoms with Crippen LogP contribution in [0, 0.1) is 19.3 Å². The van der Waals surface area contributed by atoms with Gasteiger partial charge in [0.2, 0.25) is 0 Å². The number of amides is 1. The number of esters is 1. The van der Waals surface area contributed by atoms with Gasteiger partial charge in [-0.3, -0.25) is 4.79 Å². The first-order valence-corrected chi connectivity index (χ1v) is 13.1. The fraction of sp³-hybridized carbons (Fsp3) is 0.500. The van der Waals surface area contributed by atoms with Crippen molar-refractivity contribution in [1.82, 2.24) is 4.90 Å². The number of hydrogen-bond acceptors (Lipinski definition) is 6. The van der Waals surface area contributed by atoms with E-state index in [9.17, 15) is 9.59 Å². The molecule has 0 N–H and O–H groups in total. The number of likely N-dealkylation sites (tertiary alicyclic amines) is 1. The van der Waals surface area contributed by atoms with E-state index in [2.05, 4.69) is 19.9 Å². The molecule has 2 aromatic rings. The van der Waals surface area contributed by atoms with Gasteiger partial charge in [0.05, 0.1) is 12.0 Å². The molecule has 35 heavy (non-hydrogen) atoms. The summed E-state index contributed by atoms with van der Waals surface area (Å²) in [5.74, 6) is 1.98. The monoisotopic (exact) mass is 499 g/mol. The van der Waals surface area contributed by atoms with Crippen LogP contribution in [-0.4, -0.2) is 48.0 Å². The van der Waals surface area contributed by atoms with Crippen LogP contribution >= 0.6 is 11.8 Å². The van der Waals surface area contributed by atoms with Gasteiger partial charge in [-0.2, -0.15) is 0 Å². The molecule has 1 saturated heterocycles. The first kappa shape index (κ1) is 26.9. The zero-order chi connectivity index (χ0) is 25.6. The Kier molecular flexibility index (Phi) is 8.75. The predicted octanol–water partition coefficient (Wildman–Crippen LogP) is 6.77. The third-order valence-corrected chi connectivity index (χ3v) is 7.44. The predicted molar refractivity (Wildman–Crippen MR) is 139 cm³/mol. The third kappa shape index (κ3) is 7.40. The van der Waals surface area contributed by atoms with Crippen molar-refractivity contribution in [1.29, 1.82) is 0 Å². The van der Waals surface area contributed by atoms with Crippen molar-refractivity contribution in [2.45, 2.75) is 64.9 Å². The molecule has 190 valence electrons. The third-order valence-electron chi connectivity index (χ3n) is 6.13. The highest BCUT2D eigenvalue weighted by Gasteiger charge is 2.44. The van der Waals surface area contributed by atoms with E-state index in [4.69, 9.17) is 14.2 Å². The van der Waals surface area contributed by atoms with Crippen molar-refractivity contribution in [3.8, 4) is 11.5 Å². The number of piperidine rings is 1. The van der Waals surface area contributed by atoms with Crippen LogP contribution in [0.1, 0.15) is 51.7 Å². The van der Waals surface area contributed by atoms with Gasteiger partial charge in [0, 0.05) is 23.7 Å². The molecule has 1 heterocycles. The molecule has 1 aliphatic rings. The van der Waals surface area contributed by atoms with Crippen LogP contribution in [0.4, 0.5) is 4.79 Å². The zero-order valence-electron chi connectivity index (χ0n) is 21.7. The molecule has 3 rings (SSSR count). The van der Waals surface area contributed by atoms with Crippen LogP contribution in [0.25, 0.3) is 0 Å². The quantitative estimate of drug-likeness (QED) is 0.309. The van der Waals surface area contributed by atoms with Gasteiger partial charge in [0.15, 0.2) is 0 Å². The summed E-state index contributed by atoms with van der Waals surface area (Å²) in [6, 6.07) is 14.0. The summed E-state index contributed by atoms with van der Waals surface area (Å²) in [6.07, 6.45) is 0.764. The number of benzene rings is 2. The van der Waals surface area contributed by atoms with Crippen LogP contribution in [0.15, 0.2) is 47.4 Å². The Labute approximate surface area is 213 Å². The minimum absolute atomic E-state index is 0.189. The molecule has 0 aliphatic carbocycles. The lowest BCUT2D eigenvalue weighted by Crippen LogP contribution is -2.49. The summed E-state index contributed by atoms with van der Waals surface area (Å²) in [6.45, 7) is 12.8. The smallest absolute Gasteiger partial charge is 0.410 e. The highest BCUT2D eigenvalue weighted by Crippen LogP contribution is 2.39. The lowest BCUT2D eigenvalue weighted by atomic mass is 9.80. The van der Waals surface area contributed by atoms with Crippen LogP contribution in [0.5, 0.6) is 11.5 Å². The fourth-order valence-corrected chi connectivity index (χ4v) is 5.05. The van der Waals surface area contributed by atoms with E-state index >= 15 is 0 Å². The molecule has 0 aromatic heterocycles. The summed E-state index contributed by atoms with van der Waals surface area (Å²) in [5.41, 5.74) is 1.25. The molecule has 0 radical (unpaired) electrons. The lowest BCUT2D eigenvalue weighted by Gasteiger charge is -2.40. The lowest BCUT2D eigenvalue weighted by molar-refractivity contribution is -0.156. The number of thioether (sulfide) groups is 1. The van der Waals surface area contributed by atoms with E-state index in [0.29, 0.717) is 38.3 Å². The maximum absolute atomic E-state index is 13.0. The molecule has 6 nitrogen and oxygen atoms in total. The molecule has 0 bridgehead atoms. The Morgan fingerprint density at radius 2 is 1.60 bits per heavy atom. The minimum atomic E-state index is -0.631. The summed E-state index contributed by atoms with van der Waals surface area (Å²) >= 11 is 1.63. The summed E-state index contributed by atoms with van der Waals surface area (Å²) < 4.78 is 16.9. The first-order valence-electron chi connectivity index (χ1n) is 12.1. The Balaban J connectivity index is 1.62. The first-order chi connectivity index (χ1) is 16.5. The number of ether oxygens (including phenoxy) is 3. The van der Waals surface area contributed by atoms with Gasteiger partial charge in [-0.05, 0) is 102 Å². The van der Waals surface area contributed by atoms with Gasteiger partial charge in [-0.25, -0.2) is 4.79 Å². The molecule has 0 spiro atoms. The Morgan fingerprint density at radius 3 is 2.17 bits per heavy atom. The van der Waals surface area contributed by atoms with Crippen LogP contribution in [0.2, 0.25) is 0 Å². The minimum Gasteiger partial charge on any atom is -0.466 e. The molecule has 0 atom stereocenters. The zero-order valence-corrected chi connectivity index (χ0v) is 22.5. The molecular formula is C28H37NO5S. The molecule has 1 amide bonds. The van der Waals surface area contributed by atoms with Crippen molar-refractivity contribution in [3.63, 3.8) is 0 Å². The molecule has 1 aliphatic heterocycles. The summed E-state index contributed by atoms with van der Waals surface area (Å²) in [4.78, 5) is 28.2. The van der Waals surface area contributed by atoms with Crippen LogP contribution < -0.4 is 4.74 Å². The molecule has 0 unspecified atom stereocenters. The molecule has 1 fully saturated rings. The van der Waals surface area contributed by atoms with Gasteiger partial charge in [-0.1, -0.05) is 6.07 Å². The number of carbonyl (C=O) groups excluding carboxylic acids is 2. The number of hydrogen-bond donors (Lipinski definition) is 0. The summed E-state index contributed by atoms with van der Waals surface area (Å²) in [7, 11) is 0. The van der Waals surface area contributed by atoms with Gasteiger partial charge < -0.3 is 19.1 Å². The summed E-state index contributed by atoms with van der Waals surface area (Å²) in [5, 5.41) is 0. The number of rotatable bonds is 7. The number of carbonyl (C=O) groups is 2. The van der Waals surface area contributed by atoms with Gasteiger partial charge >= 0.3 is 12.1 Å². The molecule has 7 heteroatoms. The largest absolute Gasteiger partial charge is 0.466 e. The Morgan fingerprint density at radius 1 is 0.971 bits per heavy atom. The molecule has 0 saturated carbocycles. The van der Waals surface area contributed by atoms with Gasteiger partial charge in [0.1, 0.15) is 17.1 Å². The van der Waals surface area contributed by atoms with Crippen molar-refractivity contribution in [2.75, 3.05) is 25.4 Å². The van der Waals surface area contributed by atoms with E-state index in [-0.39, 0.29) is 12.1 Å². The topological polar surface area (TPSA) is 65.1 Å². The van der Waals surface area contributed by atoms with Crippen LogP contribution in [0.3, 0.4) is 0 Å². The number of aryl methyl sites for hydroxylation is 2. The van der Waals surface area contributed by atoms with Gasteiger partial charge in [0.25, 0.3) is 0 Å². The average molecular weight is 500 g/mol.